The van der Waals surface area contributed by atoms with Gasteiger partial charge >= 0.3 is 6.18 Å². The zero-order valence-corrected chi connectivity index (χ0v) is 36.4. The number of carbonyl (C=O) groups is 5. The number of sulfonamides is 1. The number of nitrogens with zero attached hydrogens (tertiary/aromatic N) is 1. The fourth-order valence-electron chi connectivity index (χ4n) is 8.03. The zero-order valence-electron chi connectivity index (χ0n) is 35.5. The van der Waals surface area contributed by atoms with Crippen LogP contribution in [0, 0.1) is 17.8 Å². The number of rotatable bonds is 12. The summed E-state index contributed by atoms with van der Waals surface area (Å²) in [6.45, 7) is 17.7. The molecular weight excluding hydrogens is 790 g/mol. The van der Waals surface area contributed by atoms with Crippen molar-refractivity contribution < 1.29 is 50.7 Å². The summed E-state index contributed by atoms with van der Waals surface area (Å²) in [6, 6.07) is 3.57. The van der Waals surface area contributed by atoms with Gasteiger partial charge < -0.3 is 20.6 Å². The van der Waals surface area contributed by atoms with E-state index in [0.717, 1.165) is 25.0 Å². The smallest absolute Gasteiger partial charge is 0.452 e. The molecule has 326 valence electrons. The molecule has 5 atom stereocenters. The van der Waals surface area contributed by atoms with Crippen molar-refractivity contribution in [1.29, 1.82) is 0 Å². The number of phenolic OH excluding ortho intramolecular Hbond substituents is 1. The molecule has 1 aliphatic carbocycles. The Morgan fingerprint density at radius 2 is 1.34 bits per heavy atom. The van der Waals surface area contributed by atoms with Crippen molar-refractivity contribution in [3.8, 4) is 5.75 Å². The van der Waals surface area contributed by atoms with Crippen LogP contribution in [0.3, 0.4) is 0 Å². The molecule has 1 saturated heterocycles. The Morgan fingerprint density at radius 1 is 0.814 bits per heavy atom. The zero-order chi connectivity index (χ0) is 44.6. The van der Waals surface area contributed by atoms with Crippen molar-refractivity contribution >= 4 is 39.4 Å². The molecule has 1 saturated carbocycles. The molecule has 0 bridgehead atoms. The molecular formula is C43H59F3N4O8S. The number of nitrogens with one attached hydrogen (secondary N) is 3. The Kier molecular flexibility index (Phi) is 14.1. The van der Waals surface area contributed by atoms with Gasteiger partial charge in [0.15, 0.2) is 0 Å². The summed E-state index contributed by atoms with van der Waals surface area (Å²) in [5, 5.41) is 16.0. The summed E-state index contributed by atoms with van der Waals surface area (Å²) in [5.41, 5.74) is 0.820. The Morgan fingerprint density at radius 3 is 1.83 bits per heavy atom. The molecule has 1 heterocycles. The van der Waals surface area contributed by atoms with E-state index >= 15 is 0 Å². The van der Waals surface area contributed by atoms with Gasteiger partial charge in [0.1, 0.15) is 17.8 Å². The lowest BCUT2D eigenvalue weighted by Gasteiger charge is -2.37. The Balaban J connectivity index is 1.51. The molecule has 12 nitrogen and oxygen atoms in total. The van der Waals surface area contributed by atoms with Gasteiger partial charge in [0.25, 0.3) is 21.7 Å². The van der Waals surface area contributed by atoms with Gasteiger partial charge in [-0.3, -0.25) is 24.0 Å². The first-order valence-electron chi connectivity index (χ1n) is 20.1. The lowest BCUT2D eigenvalue weighted by Crippen LogP contribution is -2.59. The number of amides is 4. The number of ketones is 1. The van der Waals surface area contributed by atoms with E-state index < -0.39 is 92.4 Å². The third kappa shape index (κ3) is 11.0. The maximum Gasteiger partial charge on any atom is 0.452 e. The number of carbonyl (C=O) groups excluding carboxylic acids is 5. The molecule has 4 N–H and O–H groups in total. The minimum absolute atomic E-state index is 0.000986. The molecule has 1 aliphatic heterocycles. The van der Waals surface area contributed by atoms with Crippen LogP contribution >= 0.6 is 0 Å². The average Bonchev–Trinajstić information content (AvgIpc) is 3.51. The summed E-state index contributed by atoms with van der Waals surface area (Å²) in [4.78, 5) is 68.0. The Hall–Kier alpha value is -4.47. The van der Waals surface area contributed by atoms with Gasteiger partial charge in [0.2, 0.25) is 17.7 Å². The quantitative estimate of drug-likeness (QED) is 0.195. The maximum absolute atomic E-state index is 14.4. The number of aromatic hydroxyl groups is 1. The summed E-state index contributed by atoms with van der Waals surface area (Å²) < 4.78 is 68.9. The van der Waals surface area contributed by atoms with Crippen LogP contribution in [0.2, 0.25) is 0 Å². The number of benzene rings is 2. The van der Waals surface area contributed by atoms with E-state index in [1.165, 1.54) is 30.9 Å². The highest BCUT2D eigenvalue weighted by Gasteiger charge is 2.51. The first-order valence-corrected chi connectivity index (χ1v) is 21.6. The van der Waals surface area contributed by atoms with Gasteiger partial charge in [-0.1, -0.05) is 94.2 Å². The van der Waals surface area contributed by atoms with E-state index in [9.17, 15) is 50.7 Å². The molecule has 0 radical (unpaired) electrons. The highest BCUT2D eigenvalue weighted by atomic mass is 32.2. The molecule has 16 heteroatoms. The van der Waals surface area contributed by atoms with Gasteiger partial charge in [-0.15, -0.1) is 0 Å². The maximum atomic E-state index is 14.4. The number of halogens is 3. The monoisotopic (exact) mass is 848 g/mol. The van der Waals surface area contributed by atoms with Crippen LogP contribution in [0.15, 0.2) is 41.3 Å². The van der Waals surface area contributed by atoms with Crippen LogP contribution < -0.4 is 15.4 Å². The summed E-state index contributed by atoms with van der Waals surface area (Å²) in [5.74, 6) is -6.43. The summed E-state index contributed by atoms with van der Waals surface area (Å²) in [6.07, 6.45) is -2.38. The minimum Gasteiger partial charge on any atom is -0.507 e. The number of hydrogen-bond acceptors (Lipinski definition) is 8. The van der Waals surface area contributed by atoms with Crippen LogP contribution in [-0.4, -0.2) is 78.2 Å². The second-order valence-corrected chi connectivity index (χ2v) is 20.3. The normalized spacial score (nSPS) is 19.8. The number of phenols is 1. The third-order valence-corrected chi connectivity index (χ3v) is 12.6. The molecule has 2 aromatic rings. The largest absolute Gasteiger partial charge is 0.507 e. The second kappa shape index (κ2) is 17.6. The first kappa shape index (κ1) is 47.2. The van der Waals surface area contributed by atoms with Crippen molar-refractivity contribution in [1.82, 2.24) is 20.3 Å². The lowest BCUT2D eigenvalue weighted by molar-refractivity contribution is -0.175. The molecule has 2 aliphatic rings. The van der Waals surface area contributed by atoms with Gasteiger partial charge in [0, 0.05) is 11.6 Å². The van der Waals surface area contributed by atoms with Gasteiger partial charge in [-0.25, -0.2) is 13.1 Å². The number of fused-ring (bicyclic) bond motifs is 1. The Bertz CT molecular complexity index is 2000. The van der Waals surface area contributed by atoms with Crippen molar-refractivity contribution in [3.05, 3.63) is 58.7 Å². The predicted octanol–water partition coefficient (Wildman–Crippen LogP) is 6.22. The molecule has 1 unspecified atom stereocenters. The minimum atomic E-state index is -5.17. The average molecular weight is 849 g/mol. The van der Waals surface area contributed by atoms with Crippen molar-refractivity contribution in [2.75, 3.05) is 0 Å². The Labute approximate surface area is 345 Å². The topological polar surface area (TPSA) is 179 Å². The fourth-order valence-corrected chi connectivity index (χ4v) is 9.01. The van der Waals surface area contributed by atoms with Crippen molar-refractivity contribution in [2.24, 2.45) is 17.8 Å². The molecule has 2 fully saturated rings. The SMILES string of the molecule is CC(C)C(NC(=O)[C@@H]1C[C@@H]2CCCC[C@@H]2N1C(=O)[C@@H](NC(=O)c1ccc(S(=O)(=O)NC(=O)Cc2cc(C(C)(C)C)c(O)c(C(C)(C)C)c2)cc1)C(C)C)C(=O)C(F)(F)F. The molecule has 4 amide bonds. The van der Waals surface area contributed by atoms with Crippen LogP contribution in [0.1, 0.15) is 128 Å². The second-order valence-electron chi connectivity index (χ2n) is 18.7. The lowest BCUT2D eigenvalue weighted by atomic mass is 9.78. The third-order valence-electron chi connectivity index (χ3n) is 11.2. The van der Waals surface area contributed by atoms with Crippen LogP contribution in [0.4, 0.5) is 13.2 Å². The summed E-state index contributed by atoms with van der Waals surface area (Å²) >= 11 is 0. The van der Waals surface area contributed by atoms with Gasteiger partial charge in [-0.2, -0.15) is 13.2 Å². The highest BCUT2D eigenvalue weighted by molar-refractivity contribution is 7.90. The molecule has 0 spiro atoms. The van der Waals surface area contributed by atoms with Crippen molar-refractivity contribution in [3.63, 3.8) is 0 Å². The number of likely N-dealkylation sites (tertiary alicyclic amines) is 1. The predicted molar refractivity (Wildman–Crippen MR) is 216 cm³/mol. The number of alkyl halides is 3. The summed E-state index contributed by atoms with van der Waals surface area (Å²) in [7, 11) is -4.38. The van der Waals surface area contributed by atoms with E-state index in [1.54, 1.807) is 26.0 Å². The molecule has 2 aromatic carbocycles. The number of Topliss-reactive ketones (excluding diaryl/α,β-unsaturated/α-hetero) is 1. The van der Waals surface area contributed by atoms with Gasteiger partial charge in [-0.05, 0) is 88.8 Å². The van der Waals surface area contributed by atoms with E-state index in [-0.39, 0.29) is 35.0 Å². The fraction of sp³-hybridized carbons (Fsp3) is 0.605. The molecule has 4 rings (SSSR count). The van der Waals surface area contributed by atoms with Crippen LogP contribution in [0.5, 0.6) is 5.75 Å². The first-order chi connectivity index (χ1) is 27.0. The van der Waals surface area contributed by atoms with E-state index in [1.807, 2.05) is 41.5 Å². The highest BCUT2D eigenvalue weighted by Crippen LogP contribution is 2.42. The van der Waals surface area contributed by atoms with Gasteiger partial charge in [0.05, 0.1) is 17.4 Å². The van der Waals surface area contributed by atoms with E-state index in [2.05, 4.69) is 15.4 Å². The van der Waals surface area contributed by atoms with E-state index in [4.69, 9.17) is 0 Å². The van der Waals surface area contributed by atoms with Crippen molar-refractivity contribution in [2.45, 2.75) is 154 Å². The van der Waals surface area contributed by atoms with E-state index in [0.29, 0.717) is 29.5 Å². The van der Waals surface area contributed by atoms with Crippen LogP contribution in [-0.2, 0) is 46.5 Å². The molecule has 59 heavy (non-hydrogen) atoms. The molecule has 0 aromatic heterocycles. The standard InChI is InChI=1S/C43H59F3N4O8S/c1-23(2)34(37(53)43(44,45)46)47-39(55)32-22-27-13-11-12-14-31(27)50(32)40(56)35(24(3)4)48-38(54)26-15-17-28(18-16-26)59(57,58)49-33(51)21-25-19-29(41(5,6)7)36(52)30(20-25)42(8,9)10/h15-20,23-24,27,31-32,34-35,52H,11-14,21-22H2,1-10H3,(H,47,55)(H,48,54)(H,49,51)/t27-,31-,32-,34?,35-/m0/s1. The van der Waals surface area contributed by atoms with Crippen LogP contribution in [0.25, 0.3) is 0 Å². The number of hydrogen-bond donors (Lipinski definition) is 4.